The number of piperidine rings is 1. The molecule has 7 heteroatoms. The lowest BCUT2D eigenvalue weighted by atomic mass is 9.98. The fourth-order valence-electron chi connectivity index (χ4n) is 3.33. The van der Waals surface area contributed by atoms with Gasteiger partial charge in [-0.2, -0.15) is 0 Å². The summed E-state index contributed by atoms with van der Waals surface area (Å²) in [5.41, 5.74) is 0.986. The number of carbonyl (C=O) groups excluding carboxylic acids is 3. The average Bonchev–Trinajstić information content (AvgIpc) is 3.46. The summed E-state index contributed by atoms with van der Waals surface area (Å²) in [5, 5.41) is 5.79. The molecule has 0 bridgehead atoms. The third-order valence-electron chi connectivity index (χ3n) is 4.85. The first kappa shape index (κ1) is 19.4. The molecule has 2 fully saturated rings. The van der Waals surface area contributed by atoms with Crippen LogP contribution in [0.25, 0.3) is 0 Å². The maximum atomic E-state index is 12.5. The summed E-state index contributed by atoms with van der Waals surface area (Å²) < 4.78 is 5.10. The molecular formula is C20H27N3O4. The van der Waals surface area contributed by atoms with Crippen molar-refractivity contribution in [3.05, 3.63) is 29.8 Å². The van der Waals surface area contributed by atoms with Gasteiger partial charge in [-0.1, -0.05) is 12.1 Å². The fourth-order valence-corrected chi connectivity index (χ4v) is 3.33. The zero-order chi connectivity index (χ0) is 19.2. The molecule has 0 spiro atoms. The molecule has 27 heavy (non-hydrogen) atoms. The quantitative estimate of drug-likeness (QED) is 0.712. The molecule has 2 amide bonds. The second kappa shape index (κ2) is 8.99. The second-order valence-corrected chi connectivity index (χ2v) is 7.17. The van der Waals surface area contributed by atoms with E-state index in [0.29, 0.717) is 24.4 Å². The lowest BCUT2D eigenvalue weighted by Gasteiger charge is -2.30. The summed E-state index contributed by atoms with van der Waals surface area (Å²) in [6, 6.07) is 7.28. The number of anilines is 1. The number of para-hydroxylation sites is 1. The van der Waals surface area contributed by atoms with E-state index in [1.165, 1.54) is 0 Å². The van der Waals surface area contributed by atoms with Gasteiger partial charge in [-0.05, 0) is 51.3 Å². The Morgan fingerprint density at radius 1 is 1.19 bits per heavy atom. The zero-order valence-corrected chi connectivity index (χ0v) is 15.7. The molecule has 146 valence electrons. The normalized spacial score (nSPS) is 20.0. The van der Waals surface area contributed by atoms with Crippen LogP contribution in [0.3, 0.4) is 0 Å². The molecular weight excluding hydrogens is 346 g/mol. The Bertz CT molecular complexity index is 702. The van der Waals surface area contributed by atoms with Crippen LogP contribution in [0.5, 0.6) is 0 Å². The Labute approximate surface area is 159 Å². The predicted octanol–water partition coefficient (Wildman–Crippen LogP) is 1.79. The highest BCUT2D eigenvalue weighted by molar-refractivity contribution is 6.04. The van der Waals surface area contributed by atoms with Gasteiger partial charge in [0.2, 0.25) is 5.91 Å². The molecule has 1 aliphatic carbocycles. The summed E-state index contributed by atoms with van der Waals surface area (Å²) in [6.07, 6.45) is 3.67. The molecule has 2 N–H and O–H groups in total. The monoisotopic (exact) mass is 373 g/mol. The highest BCUT2D eigenvalue weighted by Crippen LogP contribution is 2.22. The Hall–Kier alpha value is -2.41. The maximum absolute atomic E-state index is 12.5. The number of nitrogens with one attached hydrogen (secondary N) is 2. The smallest absolute Gasteiger partial charge is 0.310 e. The molecule has 1 aliphatic heterocycles. The van der Waals surface area contributed by atoms with Crippen molar-refractivity contribution in [3.8, 4) is 0 Å². The third-order valence-corrected chi connectivity index (χ3v) is 4.85. The van der Waals surface area contributed by atoms with Crippen molar-refractivity contribution in [2.45, 2.75) is 38.6 Å². The number of carbonyl (C=O) groups is 3. The molecule has 1 saturated carbocycles. The lowest BCUT2D eigenvalue weighted by Crippen LogP contribution is -2.43. The van der Waals surface area contributed by atoms with E-state index in [1.54, 1.807) is 31.2 Å². The number of nitrogens with zero attached hydrogens (tertiary/aromatic N) is 1. The van der Waals surface area contributed by atoms with Crippen LogP contribution in [0.4, 0.5) is 5.69 Å². The van der Waals surface area contributed by atoms with Crippen molar-refractivity contribution < 1.29 is 19.1 Å². The molecule has 7 nitrogen and oxygen atoms in total. The summed E-state index contributed by atoms with van der Waals surface area (Å²) in [5.74, 6) is -0.715. The van der Waals surface area contributed by atoms with Gasteiger partial charge in [0.15, 0.2) is 0 Å². The molecule has 1 atom stereocenters. The highest BCUT2D eigenvalue weighted by Gasteiger charge is 2.28. The van der Waals surface area contributed by atoms with E-state index in [9.17, 15) is 14.4 Å². The summed E-state index contributed by atoms with van der Waals surface area (Å²) in [6.45, 7) is 3.65. The number of amides is 2. The predicted molar refractivity (Wildman–Crippen MR) is 101 cm³/mol. The SMILES string of the molecule is CCOC(=O)[C@@H]1CCCN(CC(=O)Nc2ccccc2C(=O)NC2CC2)C1. The van der Waals surface area contributed by atoms with Crippen molar-refractivity contribution >= 4 is 23.5 Å². The minimum absolute atomic E-state index is 0.159. The van der Waals surface area contributed by atoms with Crippen molar-refractivity contribution in [3.63, 3.8) is 0 Å². The molecule has 3 rings (SSSR count). The van der Waals surface area contributed by atoms with Gasteiger partial charge in [0.25, 0.3) is 5.91 Å². The topological polar surface area (TPSA) is 87.7 Å². The number of hydrogen-bond acceptors (Lipinski definition) is 5. The largest absolute Gasteiger partial charge is 0.466 e. The van der Waals surface area contributed by atoms with Gasteiger partial charge in [-0.3, -0.25) is 19.3 Å². The van der Waals surface area contributed by atoms with Gasteiger partial charge in [0.1, 0.15) is 0 Å². The maximum Gasteiger partial charge on any atom is 0.310 e. The summed E-state index contributed by atoms with van der Waals surface area (Å²) >= 11 is 0. The number of rotatable bonds is 7. The van der Waals surface area contributed by atoms with E-state index in [1.807, 2.05) is 4.90 Å². The molecule has 2 aliphatic rings. The molecule has 1 aromatic carbocycles. The number of benzene rings is 1. The van der Waals surface area contributed by atoms with Gasteiger partial charge in [-0.15, -0.1) is 0 Å². The van der Waals surface area contributed by atoms with E-state index in [-0.39, 0.29) is 36.3 Å². The Morgan fingerprint density at radius 2 is 1.96 bits per heavy atom. The molecule has 0 unspecified atom stereocenters. The van der Waals surface area contributed by atoms with Crippen LogP contribution in [0, 0.1) is 5.92 Å². The summed E-state index contributed by atoms with van der Waals surface area (Å²) in [7, 11) is 0. The Kier molecular flexibility index (Phi) is 6.45. The van der Waals surface area contributed by atoms with E-state index in [0.717, 1.165) is 32.2 Å². The van der Waals surface area contributed by atoms with Crippen molar-refractivity contribution in [1.82, 2.24) is 10.2 Å². The standard InChI is InChI=1S/C20H27N3O4/c1-2-27-20(26)14-6-5-11-23(12-14)13-18(24)22-17-8-4-3-7-16(17)19(25)21-15-9-10-15/h3-4,7-8,14-15H,2,5-6,9-13H2,1H3,(H,21,25)(H,22,24)/t14-/m1/s1. The first-order chi connectivity index (χ1) is 13.1. The third kappa shape index (κ3) is 5.53. The van der Waals surface area contributed by atoms with Crippen LogP contribution in [0.15, 0.2) is 24.3 Å². The molecule has 0 radical (unpaired) electrons. The number of hydrogen-bond donors (Lipinski definition) is 2. The van der Waals surface area contributed by atoms with Gasteiger partial charge < -0.3 is 15.4 Å². The molecule has 0 aromatic heterocycles. The molecule has 1 aromatic rings. The average molecular weight is 373 g/mol. The highest BCUT2D eigenvalue weighted by atomic mass is 16.5. The van der Waals surface area contributed by atoms with Crippen LogP contribution >= 0.6 is 0 Å². The van der Waals surface area contributed by atoms with Crippen molar-refractivity contribution in [1.29, 1.82) is 0 Å². The minimum atomic E-state index is -0.190. The number of esters is 1. The van der Waals surface area contributed by atoms with Gasteiger partial charge >= 0.3 is 5.97 Å². The Balaban J connectivity index is 1.56. The van der Waals surface area contributed by atoms with E-state index in [2.05, 4.69) is 10.6 Å². The first-order valence-electron chi connectivity index (χ1n) is 9.65. The van der Waals surface area contributed by atoms with Gasteiger partial charge in [0.05, 0.1) is 30.3 Å². The van der Waals surface area contributed by atoms with Crippen LogP contribution in [0.2, 0.25) is 0 Å². The molecule has 1 heterocycles. The van der Waals surface area contributed by atoms with Crippen LogP contribution in [-0.4, -0.2) is 55.0 Å². The lowest BCUT2D eigenvalue weighted by molar-refractivity contribution is -0.150. The zero-order valence-electron chi connectivity index (χ0n) is 15.7. The fraction of sp³-hybridized carbons (Fsp3) is 0.550. The van der Waals surface area contributed by atoms with Crippen molar-refractivity contribution in [2.24, 2.45) is 5.92 Å². The Morgan fingerprint density at radius 3 is 2.70 bits per heavy atom. The number of likely N-dealkylation sites (tertiary alicyclic amines) is 1. The molecule has 1 saturated heterocycles. The van der Waals surface area contributed by atoms with E-state index in [4.69, 9.17) is 4.74 Å². The van der Waals surface area contributed by atoms with E-state index < -0.39 is 0 Å². The second-order valence-electron chi connectivity index (χ2n) is 7.17. The van der Waals surface area contributed by atoms with Gasteiger partial charge in [0, 0.05) is 12.6 Å². The summed E-state index contributed by atoms with van der Waals surface area (Å²) in [4.78, 5) is 38.7. The van der Waals surface area contributed by atoms with Gasteiger partial charge in [-0.25, -0.2) is 0 Å². The van der Waals surface area contributed by atoms with Crippen LogP contribution in [0.1, 0.15) is 43.0 Å². The van der Waals surface area contributed by atoms with Crippen LogP contribution in [-0.2, 0) is 14.3 Å². The van der Waals surface area contributed by atoms with Crippen molar-refractivity contribution in [2.75, 3.05) is 31.6 Å². The number of ether oxygens (including phenoxy) is 1. The first-order valence-corrected chi connectivity index (χ1v) is 9.65. The van der Waals surface area contributed by atoms with Crippen LogP contribution < -0.4 is 10.6 Å². The van der Waals surface area contributed by atoms with E-state index >= 15 is 0 Å². The minimum Gasteiger partial charge on any atom is -0.466 e.